The van der Waals surface area contributed by atoms with Crippen LogP contribution in [0.3, 0.4) is 0 Å². The molecule has 0 aliphatic carbocycles. The Balaban J connectivity index is 0.000000241. The molecular weight excluding hydrogens is 404 g/mol. The van der Waals surface area contributed by atoms with E-state index in [-0.39, 0.29) is 0 Å². The van der Waals surface area contributed by atoms with Gasteiger partial charge in [-0.3, -0.25) is 10.9 Å². The number of hydrogen-bond acceptors (Lipinski definition) is 3. The summed E-state index contributed by atoms with van der Waals surface area (Å²) in [5, 5.41) is 0. The molecule has 0 spiro atoms. The molecule has 0 heterocycles. The van der Waals surface area contributed by atoms with Crippen molar-refractivity contribution in [1.82, 2.24) is 10.9 Å². The van der Waals surface area contributed by atoms with Gasteiger partial charge in [0, 0.05) is 13.7 Å². The standard InChI is InChI=1S/C12H10.C8H12N2.C8H10O.C2H4/c1-3-7-11(8-4-1)12-9-5-2-6-10-12;1-9-10-7-8-5-3-2-4-6-8;1-9-7-8-5-3-2-4-6-8;1-2/h1-10H;2-6,9-10H,7H2,1H3;2-6H,7H2,1H3;1-2H2. The summed E-state index contributed by atoms with van der Waals surface area (Å²) in [4.78, 5) is 0. The Kier molecular flexibility index (Phi) is 16.0. The van der Waals surface area contributed by atoms with Crippen LogP contribution in [0.2, 0.25) is 0 Å². The molecule has 0 radical (unpaired) electrons. The second-order valence-corrected chi connectivity index (χ2v) is 6.74. The zero-order chi connectivity index (χ0) is 24.0. The zero-order valence-corrected chi connectivity index (χ0v) is 19.8. The number of hydrogen-bond donors (Lipinski definition) is 2. The van der Waals surface area contributed by atoms with Crippen molar-refractivity contribution in [1.29, 1.82) is 0 Å². The molecule has 0 saturated heterocycles. The summed E-state index contributed by atoms with van der Waals surface area (Å²) in [6.45, 7) is 7.58. The molecule has 0 aromatic heterocycles. The predicted octanol–water partition coefficient (Wildman–Crippen LogP) is 6.90. The second kappa shape index (κ2) is 19.2. The summed E-state index contributed by atoms with van der Waals surface area (Å²) in [6, 6.07) is 41.1. The third-order valence-corrected chi connectivity index (χ3v) is 4.35. The minimum atomic E-state index is 0.709. The highest BCUT2D eigenvalue weighted by Crippen LogP contribution is 2.17. The van der Waals surface area contributed by atoms with Gasteiger partial charge in [0.15, 0.2) is 0 Å². The summed E-state index contributed by atoms with van der Waals surface area (Å²) in [5.41, 5.74) is 10.9. The number of nitrogens with one attached hydrogen (secondary N) is 2. The fourth-order valence-corrected chi connectivity index (χ4v) is 2.79. The van der Waals surface area contributed by atoms with E-state index in [4.69, 9.17) is 4.74 Å². The molecule has 0 aliphatic rings. The monoisotopic (exact) mass is 440 g/mol. The molecule has 2 N–H and O–H groups in total. The van der Waals surface area contributed by atoms with E-state index in [0.29, 0.717) is 6.61 Å². The topological polar surface area (TPSA) is 33.3 Å². The minimum Gasteiger partial charge on any atom is -0.380 e. The van der Waals surface area contributed by atoms with Crippen LogP contribution in [-0.2, 0) is 17.9 Å². The number of hydrazine groups is 1. The average molecular weight is 441 g/mol. The lowest BCUT2D eigenvalue weighted by atomic mass is 10.1. The van der Waals surface area contributed by atoms with E-state index in [1.54, 1.807) is 7.11 Å². The first-order valence-corrected chi connectivity index (χ1v) is 10.9. The van der Waals surface area contributed by atoms with Gasteiger partial charge in [0.2, 0.25) is 0 Å². The maximum atomic E-state index is 4.93. The minimum absolute atomic E-state index is 0.709. The van der Waals surface area contributed by atoms with Crippen molar-refractivity contribution in [2.24, 2.45) is 0 Å². The van der Waals surface area contributed by atoms with E-state index >= 15 is 0 Å². The predicted molar refractivity (Wildman–Crippen MR) is 143 cm³/mol. The molecule has 172 valence electrons. The van der Waals surface area contributed by atoms with Gasteiger partial charge in [0.25, 0.3) is 0 Å². The Hall–Kier alpha value is -3.50. The maximum Gasteiger partial charge on any atom is 0.0713 e. The van der Waals surface area contributed by atoms with Gasteiger partial charge in [-0.25, -0.2) is 0 Å². The molecule has 0 unspecified atom stereocenters. The fourth-order valence-electron chi connectivity index (χ4n) is 2.79. The zero-order valence-electron chi connectivity index (χ0n) is 19.8. The van der Waals surface area contributed by atoms with Crippen molar-refractivity contribution in [2.75, 3.05) is 14.2 Å². The molecule has 3 nitrogen and oxygen atoms in total. The molecule has 4 rings (SSSR count). The molecule has 0 aliphatic heterocycles. The molecule has 4 aromatic carbocycles. The normalized spacial score (nSPS) is 9.15. The van der Waals surface area contributed by atoms with Gasteiger partial charge in [-0.2, -0.15) is 0 Å². The van der Waals surface area contributed by atoms with Crippen molar-refractivity contribution in [3.8, 4) is 11.1 Å². The fraction of sp³-hybridized carbons (Fsp3) is 0.133. The first kappa shape index (κ1) is 27.5. The molecule has 0 amide bonds. The molecule has 0 atom stereocenters. The van der Waals surface area contributed by atoms with Crippen molar-refractivity contribution in [2.45, 2.75) is 13.2 Å². The van der Waals surface area contributed by atoms with E-state index in [2.05, 4.69) is 84.7 Å². The third kappa shape index (κ3) is 12.8. The van der Waals surface area contributed by atoms with E-state index in [1.165, 1.54) is 22.3 Å². The van der Waals surface area contributed by atoms with Crippen LogP contribution in [-0.4, -0.2) is 14.2 Å². The summed E-state index contributed by atoms with van der Waals surface area (Å²) in [7, 11) is 3.57. The van der Waals surface area contributed by atoms with Gasteiger partial charge >= 0.3 is 0 Å². The van der Waals surface area contributed by atoms with Gasteiger partial charge in [-0.15, -0.1) is 13.2 Å². The number of ether oxygens (including phenoxy) is 1. The van der Waals surface area contributed by atoms with Gasteiger partial charge in [-0.1, -0.05) is 121 Å². The maximum absolute atomic E-state index is 4.93. The van der Waals surface area contributed by atoms with Gasteiger partial charge in [0.05, 0.1) is 6.61 Å². The largest absolute Gasteiger partial charge is 0.380 e. The van der Waals surface area contributed by atoms with Crippen molar-refractivity contribution in [3.05, 3.63) is 146 Å². The average Bonchev–Trinajstić information content (AvgIpc) is 2.92. The lowest BCUT2D eigenvalue weighted by molar-refractivity contribution is 0.185. The molecule has 33 heavy (non-hydrogen) atoms. The van der Waals surface area contributed by atoms with Crippen LogP contribution < -0.4 is 10.9 Å². The van der Waals surface area contributed by atoms with Gasteiger partial charge < -0.3 is 4.74 Å². The molecular formula is C30H36N2O. The number of benzene rings is 4. The van der Waals surface area contributed by atoms with Crippen LogP contribution in [0.25, 0.3) is 11.1 Å². The Morgan fingerprint density at radius 1 is 0.576 bits per heavy atom. The van der Waals surface area contributed by atoms with Gasteiger partial charge in [0.1, 0.15) is 0 Å². The first-order valence-electron chi connectivity index (χ1n) is 10.9. The van der Waals surface area contributed by atoms with Crippen LogP contribution in [0.15, 0.2) is 134 Å². The van der Waals surface area contributed by atoms with E-state index in [9.17, 15) is 0 Å². The van der Waals surface area contributed by atoms with E-state index in [0.717, 1.165) is 6.54 Å². The van der Waals surface area contributed by atoms with E-state index < -0.39 is 0 Å². The van der Waals surface area contributed by atoms with Crippen LogP contribution in [0.1, 0.15) is 11.1 Å². The molecule has 0 saturated carbocycles. The number of methoxy groups -OCH3 is 1. The van der Waals surface area contributed by atoms with Crippen LogP contribution >= 0.6 is 0 Å². The summed E-state index contributed by atoms with van der Waals surface area (Å²) >= 11 is 0. The van der Waals surface area contributed by atoms with Crippen molar-refractivity contribution >= 4 is 0 Å². The first-order chi connectivity index (χ1) is 16.3. The summed E-state index contributed by atoms with van der Waals surface area (Å²) in [6.07, 6.45) is 0. The highest BCUT2D eigenvalue weighted by Gasteiger charge is 1.92. The van der Waals surface area contributed by atoms with Crippen LogP contribution in [0.4, 0.5) is 0 Å². The van der Waals surface area contributed by atoms with Crippen LogP contribution in [0, 0.1) is 0 Å². The molecule has 4 aromatic rings. The molecule has 0 fully saturated rings. The van der Waals surface area contributed by atoms with E-state index in [1.807, 2.05) is 67.7 Å². The van der Waals surface area contributed by atoms with Crippen molar-refractivity contribution in [3.63, 3.8) is 0 Å². The Morgan fingerprint density at radius 3 is 1.30 bits per heavy atom. The lowest BCUT2D eigenvalue weighted by Gasteiger charge is -2.00. The second-order valence-electron chi connectivity index (χ2n) is 6.74. The van der Waals surface area contributed by atoms with Crippen molar-refractivity contribution < 1.29 is 4.74 Å². The highest BCUT2D eigenvalue weighted by molar-refractivity contribution is 5.62. The van der Waals surface area contributed by atoms with Crippen LogP contribution in [0.5, 0.6) is 0 Å². The Labute approximate surface area is 199 Å². The highest BCUT2D eigenvalue weighted by atomic mass is 16.5. The van der Waals surface area contributed by atoms with Gasteiger partial charge in [-0.05, 0) is 29.3 Å². The summed E-state index contributed by atoms with van der Waals surface area (Å²) < 4.78 is 4.93. The third-order valence-electron chi connectivity index (χ3n) is 4.35. The number of rotatable bonds is 6. The Bertz CT molecular complexity index is 892. The SMILES string of the molecule is C=C.CNNCc1ccccc1.COCc1ccccc1.c1ccc(-c2ccccc2)cc1. The smallest absolute Gasteiger partial charge is 0.0713 e. The lowest BCUT2D eigenvalue weighted by Crippen LogP contribution is -2.26. The quantitative estimate of drug-likeness (QED) is 0.253. The molecule has 0 bridgehead atoms. The summed E-state index contributed by atoms with van der Waals surface area (Å²) in [5.74, 6) is 0. The molecule has 3 heteroatoms. The Morgan fingerprint density at radius 2 is 0.939 bits per heavy atom.